The summed E-state index contributed by atoms with van der Waals surface area (Å²) in [5.41, 5.74) is 6.70. The fourth-order valence-electron chi connectivity index (χ4n) is 2.88. The van der Waals surface area contributed by atoms with Gasteiger partial charge in [-0.1, -0.05) is 6.92 Å². The number of hydrogen-bond donors (Lipinski definition) is 3. The maximum absolute atomic E-state index is 10.8. The Labute approximate surface area is 143 Å². The number of hydrogen-bond acceptors (Lipinski definition) is 8. The average Bonchev–Trinajstić information content (AvgIpc) is 3.08. The molecule has 0 spiro atoms. The number of nitrogens with two attached hydrogens (primary N) is 1. The highest BCUT2D eigenvalue weighted by atomic mass is 31.2. The molecule has 0 amide bonds. The van der Waals surface area contributed by atoms with Crippen molar-refractivity contribution >= 4 is 24.9 Å². The maximum Gasteiger partial charge on any atom is 0.469 e. The van der Waals surface area contributed by atoms with E-state index in [0.717, 1.165) is 0 Å². The minimum Gasteiger partial charge on any atom is -0.476 e. The number of aromatic nitrogens is 4. The molecule has 0 saturated carbocycles. The molecule has 11 nitrogen and oxygen atoms in total. The van der Waals surface area contributed by atoms with Crippen LogP contribution in [0, 0.1) is 5.92 Å². The molecular weight excluding hydrogens is 353 g/mol. The third-order valence-corrected chi connectivity index (χ3v) is 4.33. The molecule has 2 aromatic rings. The Morgan fingerprint density at radius 2 is 2.24 bits per heavy atom. The highest BCUT2D eigenvalue weighted by Crippen LogP contribution is 2.40. The molecule has 12 heteroatoms. The van der Waals surface area contributed by atoms with Crippen molar-refractivity contribution in [1.29, 1.82) is 0 Å². The molecule has 3 heterocycles. The molecule has 1 unspecified atom stereocenters. The van der Waals surface area contributed by atoms with Crippen molar-refractivity contribution < 1.29 is 28.3 Å². The highest BCUT2D eigenvalue weighted by molar-refractivity contribution is 7.46. The lowest BCUT2D eigenvalue weighted by Gasteiger charge is -2.18. The van der Waals surface area contributed by atoms with Gasteiger partial charge in [0.05, 0.1) is 25.6 Å². The van der Waals surface area contributed by atoms with E-state index >= 15 is 0 Å². The number of anilines is 1. The van der Waals surface area contributed by atoms with Crippen LogP contribution in [0.3, 0.4) is 0 Å². The van der Waals surface area contributed by atoms with Crippen LogP contribution in [0.4, 0.5) is 5.95 Å². The van der Waals surface area contributed by atoms with E-state index < -0.39 is 20.2 Å². The molecule has 1 aliphatic rings. The SMILES string of the molecule is CCOc1nc(N)nc2c1ncn2[C@@H]1O[C@H](COP(=O)(O)O)CC1C. The zero-order valence-electron chi connectivity index (χ0n) is 13.8. The summed E-state index contributed by atoms with van der Waals surface area (Å²) in [7, 11) is -4.53. The molecule has 0 aliphatic carbocycles. The molecule has 0 bridgehead atoms. The van der Waals surface area contributed by atoms with Crippen molar-refractivity contribution in [1.82, 2.24) is 19.5 Å². The van der Waals surface area contributed by atoms with Gasteiger partial charge >= 0.3 is 7.82 Å². The number of rotatable bonds is 6. The van der Waals surface area contributed by atoms with Crippen molar-refractivity contribution in [3.05, 3.63) is 6.33 Å². The van der Waals surface area contributed by atoms with Crippen LogP contribution in [0.5, 0.6) is 5.88 Å². The Morgan fingerprint density at radius 3 is 2.92 bits per heavy atom. The van der Waals surface area contributed by atoms with Crippen LogP contribution >= 0.6 is 7.82 Å². The lowest BCUT2D eigenvalue weighted by Crippen LogP contribution is -2.17. The average molecular weight is 373 g/mol. The number of nitrogen functional groups attached to an aromatic ring is 1. The number of imidazole rings is 1. The molecule has 0 radical (unpaired) electrons. The quantitative estimate of drug-likeness (QED) is 0.620. The zero-order chi connectivity index (χ0) is 18.2. The minimum absolute atomic E-state index is 0.0505. The summed E-state index contributed by atoms with van der Waals surface area (Å²) in [6.45, 7) is 4.01. The molecular formula is C13H20N5O6P. The van der Waals surface area contributed by atoms with Crippen molar-refractivity contribution in [3.8, 4) is 5.88 Å². The molecule has 4 N–H and O–H groups in total. The molecule has 1 aliphatic heterocycles. The first-order chi connectivity index (χ1) is 11.8. The first-order valence-corrected chi connectivity index (χ1v) is 9.30. The third kappa shape index (κ3) is 3.91. The van der Waals surface area contributed by atoms with E-state index in [9.17, 15) is 4.57 Å². The summed E-state index contributed by atoms with van der Waals surface area (Å²) in [5, 5.41) is 0. The minimum atomic E-state index is -4.53. The number of ether oxygens (including phenoxy) is 2. The molecule has 138 valence electrons. The summed E-state index contributed by atoms with van der Waals surface area (Å²) in [6.07, 6.45) is 1.27. The first-order valence-electron chi connectivity index (χ1n) is 7.77. The second-order valence-electron chi connectivity index (χ2n) is 5.79. The van der Waals surface area contributed by atoms with E-state index in [1.54, 1.807) is 10.9 Å². The van der Waals surface area contributed by atoms with Gasteiger partial charge in [-0.25, -0.2) is 9.55 Å². The van der Waals surface area contributed by atoms with E-state index in [4.69, 9.17) is 25.0 Å². The normalized spacial score (nSPS) is 24.1. The number of phosphoric ester groups is 1. The van der Waals surface area contributed by atoms with Crippen molar-refractivity contribution in [2.45, 2.75) is 32.6 Å². The standard InChI is InChI=1S/C13H20N5O6P/c1-3-22-11-9-10(16-13(14)17-11)18(6-15-9)12-7(2)4-8(24-12)5-23-25(19,20)21/h6-8,12H,3-5H2,1-2H3,(H2,14,16,17)(H2,19,20,21)/t7?,8-,12+/m0/s1. The maximum atomic E-state index is 10.8. The van der Waals surface area contributed by atoms with E-state index in [0.29, 0.717) is 30.1 Å². The molecule has 2 aromatic heterocycles. The summed E-state index contributed by atoms with van der Waals surface area (Å²) >= 11 is 0. The molecule has 1 saturated heterocycles. The van der Waals surface area contributed by atoms with Gasteiger partial charge in [-0.15, -0.1) is 0 Å². The largest absolute Gasteiger partial charge is 0.476 e. The van der Waals surface area contributed by atoms with Crippen molar-refractivity contribution in [2.24, 2.45) is 5.92 Å². The van der Waals surface area contributed by atoms with Gasteiger partial charge in [0.2, 0.25) is 11.8 Å². The second-order valence-corrected chi connectivity index (χ2v) is 7.03. The Balaban J connectivity index is 1.85. The second kappa shape index (κ2) is 6.85. The summed E-state index contributed by atoms with van der Waals surface area (Å²) in [6, 6.07) is 0. The van der Waals surface area contributed by atoms with E-state index in [-0.39, 0.29) is 18.5 Å². The lowest BCUT2D eigenvalue weighted by atomic mass is 10.1. The number of nitrogens with zero attached hydrogens (tertiary/aromatic N) is 4. The number of fused-ring (bicyclic) bond motifs is 1. The van der Waals surface area contributed by atoms with Crippen molar-refractivity contribution in [2.75, 3.05) is 18.9 Å². The summed E-state index contributed by atoms with van der Waals surface area (Å²) in [4.78, 5) is 30.2. The predicted molar refractivity (Wildman–Crippen MR) is 86.6 cm³/mol. The van der Waals surface area contributed by atoms with Gasteiger partial charge in [-0.05, 0) is 13.3 Å². The van der Waals surface area contributed by atoms with Crippen LogP contribution in [-0.2, 0) is 13.8 Å². The molecule has 1 fully saturated rings. The smallest absolute Gasteiger partial charge is 0.469 e. The molecule has 0 aromatic carbocycles. The third-order valence-electron chi connectivity index (χ3n) is 3.84. The zero-order valence-corrected chi connectivity index (χ0v) is 14.7. The topological polar surface area (TPSA) is 155 Å². The Bertz CT molecular complexity index is 808. The Morgan fingerprint density at radius 1 is 1.48 bits per heavy atom. The summed E-state index contributed by atoms with van der Waals surface area (Å²) in [5.74, 6) is 0.412. The fraction of sp³-hybridized carbons (Fsp3) is 0.615. The van der Waals surface area contributed by atoms with Gasteiger partial charge in [-0.3, -0.25) is 9.09 Å². The van der Waals surface area contributed by atoms with Crippen LogP contribution in [0.15, 0.2) is 6.33 Å². The monoisotopic (exact) mass is 373 g/mol. The fourth-order valence-corrected chi connectivity index (χ4v) is 3.24. The molecule has 25 heavy (non-hydrogen) atoms. The van der Waals surface area contributed by atoms with Gasteiger partial charge in [0.25, 0.3) is 0 Å². The first kappa shape index (κ1) is 18.0. The Hall–Kier alpha value is -1.78. The van der Waals surface area contributed by atoms with Gasteiger partial charge in [0.1, 0.15) is 6.23 Å². The van der Waals surface area contributed by atoms with Gasteiger partial charge in [-0.2, -0.15) is 9.97 Å². The molecule has 3 atom stereocenters. The summed E-state index contributed by atoms with van der Waals surface area (Å²) < 4.78 is 28.4. The lowest BCUT2D eigenvalue weighted by molar-refractivity contribution is -0.0290. The van der Waals surface area contributed by atoms with E-state index in [2.05, 4.69) is 19.5 Å². The number of phosphoric acid groups is 1. The van der Waals surface area contributed by atoms with Crippen LogP contribution in [0.25, 0.3) is 11.2 Å². The van der Waals surface area contributed by atoms with E-state index in [1.807, 2.05) is 13.8 Å². The van der Waals surface area contributed by atoms with Crippen LogP contribution in [0.1, 0.15) is 26.5 Å². The van der Waals surface area contributed by atoms with Gasteiger partial charge in [0.15, 0.2) is 11.2 Å². The van der Waals surface area contributed by atoms with Gasteiger partial charge < -0.3 is 25.0 Å². The predicted octanol–water partition coefficient (Wildman–Crippen LogP) is 0.840. The molecule has 3 rings (SSSR count). The van der Waals surface area contributed by atoms with Gasteiger partial charge in [0, 0.05) is 5.92 Å². The Kier molecular flexibility index (Phi) is 4.94. The van der Waals surface area contributed by atoms with E-state index in [1.165, 1.54) is 0 Å². The van der Waals surface area contributed by atoms with Crippen LogP contribution < -0.4 is 10.5 Å². The van der Waals surface area contributed by atoms with Crippen molar-refractivity contribution in [3.63, 3.8) is 0 Å². The highest BCUT2D eigenvalue weighted by Gasteiger charge is 2.36. The van der Waals surface area contributed by atoms with Crippen LogP contribution in [0.2, 0.25) is 0 Å². The van der Waals surface area contributed by atoms with Crippen LogP contribution in [-0.4, -0.2) is 48.6 Å².